The van der Waals surface area contributed by atoms with Crippen LogP contribution in [0.15, 0.2) is 30.6 Å². The lowest BCUT2D eigenvalue weighted by Gasteiger charge is -2.27. The van der Waals surface area contributed by atoms with Gasteiger partial charge in [0.1, 0.15) is 17.4 Å². The maximum Gasteiger partial charge on any atom is 0.142 e. The molecule has 1 aromatic carbocycles. The Morgan fingerprint density at radius 3 is 3.05 bits per heavy atom. The number of methoxy groups -OCH3 is 1. The first-order chi connectivity index (χ1) is 10.7. The van der Waals surface area contributed by atoms with Gasteiger partial charge in [-0.05, 0) is 43.4 Å². The van der Waals surface area contributed by atoms with Crippen LogP contribution in [0.5, 0.6) is 5.75 Å². The molecule has 0 unspecified atom stereocenters. The van der Waals surface area contributed by atoms with Crippen LogP contribution in [0.4, 0.5) is 4.39 Å². The molecule has 1 heterocycles. The molecular weight excluding hydrogens is 281 g/mol. The third-order valence-corrected chi connectivity index (χ3v) is 4.41. The summed E-state index contributed by atoms with van der Waals surface area (Å²) in [6, 6.07) is 5.02. The number of halogens is 1. The molecule has 2 aromatic rings. The summed E-state index contributed by atoms with van der Waals surface area (Å²) in [5.41, 5.74) is 6.54. The van der Waals surface area contributed by atoms with E-state index in [9.17, 15) is 4.39 Å². The Bertz CT molecular complexity index is 641. The molecule has 0 radical (unpaired) electrons. The number of hydrogen-bond donors (Lipinski definition) is 1. The van der Waals surface area contributed by atoms with Crippen LogP contribution in [-0.2, 0) is 6.54 Å². The number of aromatic nitrogens is 2. The minimum atomic E-state index is -0.284. The quantitative estimate of drug-likeness (QED) is 0.943. The van der Waals surface area contributed by atoms with Crippen molar-refractivity contribution in [1.29, 1.82) is 0 Å². The van der Waals surface area contributed by atoms with Crippen molar-refractivity contribution in [3.05, 3.63) is 36.4 Å². The van der Waals surface area contributed by atoms with E-state index in [4.69, 9.17) is 10.5 Å². The highest BCUT2D eigenvalue weighted by molar-refractivity contribution is 5.59. The van der Waals surface area contributed by atoms with E-state index in [1.54, 1.807) is 25.4 Å². The fourth-order valence-electron chi connectivity index (χ4n) is 3.28. The molecule has 2 N–H and O–H groups in total. The van der Waals surface area contributed by atoms with Gasteiger partial charge in [0.05, 0.1) is 12.7 Å². The fraction of sp³-hybridized carbons (Fsp3) is 0.471. The Morgan fingerprint density at radius 2 is 2.27 bits per heavy atom. The van der Waals surface area contributed by atoms with Gasteiger partial charge in [-0.1, -0.05) is 6.42 Å². The van der Waals surface area contributed by atoms with E-state index in [1.807, 2.05) is 10.8 Å². The van der Waals surface area contributed by atoms with Gasteiger partial charge in [0.25, 0.3) is 0 Å². The smallest absolute Gasteiger partial charge is 0.142 e. The van der Waals surface area contributed by atoms with E-state index in [0.29, 0.717) is 29.1 Å². The Kier molecular flexibility index (Phi) is 4.43. The topological polar surface area (TPSA) is 53.1 Å². The average Bonchev–Trinajstić information content (AvgIpc) is 2.96. The second-order valence-electron chi connectivity index (χ2n) is 6.04. The molecule has 5 heteroatoms. The molecular formula is C17H22FN3O. The van der Waals surface area contributed by atoms with Crippen LogP contribution in [-0.4, -0.2) is 22.7 Å². The first-order valence-corrected chi connectivity index (χ1v) is 7.78. The number of imidazole rings is 1. The zero-order chi connectivity index (χ0) is 15.5. The number of nitrogens with zero attached hydrogens (tertiary/aromatic N) is 2. The lowest BCUT2D eigenvalue weighted by Crippen LogP contribution is -2.29. The molecule has 0 bridgehead atoms. The predicted molar refractivity (Wildman–Crippen MR) is 84.1 cm³/mol. The monoisotopic (exact) mass is 303 g/mol. The van der Waals surface area contributed by atoms with Crippen LogP contribution in [0.3, 0.4) is 0 Å². The van der Waals surface area contributed by atoms with Gasteiger partial charge >= 0.3 is 0 Å². The molecule has 1 aliphatic carbocycles. The molecule has 1 aromatic heterocycles. The molecule has 22 heavy (non-hydrogen) atoms. The van der Waals surface area contributed by atoms with Crippen LogP contribution in [0.2, 0.25) is 0 Å². The molecule has 1 saturated carbocycles. The summed E-state index contributed by atoms with van der Waals surface area (Å²) in [4.78, 5) is 4.34. The molecule has 3 rings (SSSR count). The normalized spacial score (nSPS) is 21.8. The lowest BCUT2D eigenvalue weighted by molar-refractivity contribution is 0.291. The molecule has 2 atom stereocenters. The summed E-state index contributed by atoms with van der Waals surface area (Å²) in [6.07, 6.45) is 8.11. The number of nitrogens with two attached hydrogens (primary N) is 1. The summed E-state index contributed by atoms with van der Waals surface area (Å²) in [5, 5.41) is 0. The van der Waals surface area contributed by atoms with Crippen LogP contribution in [0.1, 0.15) is 25.7 Å². The van der Waals surface area contributed by atoms with Gasteiger partial charge in [0.2, 0.25) is 0 Å². The number of benzene rings is 1. The Balaban J connectivity index is 1.85. The standard InChI is InChI=1S/C17H22FN3O/c1-22-14-5-6-16(18)15(10-14)17-20-7-8-21(17)11-12-3-2-4-13(19)9-12/h5-8,10,12-13H,2-4,9,11,19H2,1H3/t12-,13+/m0/s1. The van der Waals surface area contributed by atoms with E-state index < -0.39 is 0 Å². The SMILES string of the molecule is COc1ccc(F)c(-c2nccn2C[C@H]2CCC[C@@H](N)C2)c1. The molecule has 0 aliphatic heterocycles. The summed E-state index contributed by atoms with van der Waals surface area (Å²) in [7, 11) is 1.58. The van der Waals surface area contributed by atoms with E-state index >= 15 is 0 Å². The van der Waals surface area contributed by atoms with Crippen molar-refractivity contribution in [2.24, 2.45) is 11.7 Å². The number of ether oxygens (including phenoxy) is 1. The minimum absolute atomic E-state index is 0.284. The van der Waals surface area contributed by atoms with E-state index in [-0.39, 0.29) is 5.82 Å². The van der Waals surface area contributed by atoms with Gasteiger partial charge < -0.3 is 15.0 Å². The zero-order valence-corrected chi connectivity index (χ0v) is 12.8. The summed E-state index contributed by atoms with van der Waals surface area (Å²) < 4.78 is 21.4. The van der Waals surface area contributed by atoms with Gasteiger partial charge in [-0.3, -0.25) is 0 Å². The molecule has 4 nitrogen and oxygen atoms in total. The lowest BCUT2D eigenvalue weighted by atomic mass is 9.86. The van der Waals surface area contributed by atoms with Crippen LogP contribution >= 0.6 is 0 Å². The van der Waals surface area contributed by atoms with E-state index in [2.05, 4.69) is 4.98 Å². The van der Waals surface area contributed by atoms with E-state index in [0.717, 1.165) is 19.4 Å². The number of rotatable bonds is 4. The summed E-state index contributed by atoms with van der Waals surface area (Å²) in [5.74, 6) is 1.53. The Hall–Kier alpha value is -1.88. The molecule has 0 spiro atoms. The first kappa shape index (κ1) is 15.0. The largest absolute Gasteiger partial charge is 0.497 e. The van der Waals surface area contributed by atoms with Crippen molar-refractivity contribution in [1.82, 2.24) is 9.55 Å². The average molecular weight is 303 g/mol. The first-order valence-electron chi connectivity index (χ1n) is 7.78. The Labute approximate surface area is 130 Å². The van der Waals surface area contributed by atoms with Gasteiger partial charge in [0.15, 0.2) is 0 Å². The highest BCUT2D eigenvalue weighted by atomic mass is 19.1. The van der Waals surface area contributed by atoms with Crippen molar-refractivity contribution >= 4 is 0 Å². The molecule has 0 saturated heterocycles. The van der Waals surface area contributed by atoms with Crippen molar-refractivity contribution < 1.29 is 9.13 Å². The van der Waals surface area contributed by atoms with Crippen molar-refractivity contribution in [3.63, 3.8) is 0 Å². The maximum atomic E-state index is 14.2. The van der Waals surface area contributed by atoms with Gasteiger partial charge in [-0.2, -0.15) is 0 Å². The second kappa shape index (κ2) is 6.48. The highest BCUT2D eigenvalue weighted by Gasteiger charge is 2.21. The van der Waals surface area contributed by atoms with Gasteiger partial charge in [-0.25, -0.2) is 9.37 Å². The fourth-order valence-corrected chi connectivity index (χ4v) is 3.28. The third-order valence-electron chi connectivity index (χ3n) is 4.41. The zero-order valence-electron chi connectivity index (χ0n) is 12.8. The Morgan fingerprint density at radius 1 is 1.41 bits per heavy atom. The van der Waals surface area contributed by atoms with Crippen molar-refractivity contribution in [2.45, 2.75) is 38.3 Å². The summed E-state index contributed by atoms with van der Waals surface area (Å²) in [6.45, 7) is 0.833. The van der Waals surface area contributed by atoms with Crippen LogP contribution in [0.25, 0.3) is 11.4 Å². The number of hydrogen-bond acceptors (Lipinski definition) is 3. The molecule has 118 valence electrons. The molecule has 1 fully saturated rings. The predicted octanol–water partition coefficient (Wildman–Crippen LogP) is 3.22. The van der Waals surface area contributed by atoms with E-state index in [1.165, 1.54) is 18.9 Å². The van der Waals surface area contributed by atoms with Crippen molar-refractivity contribution in [2.75, 3.05) is 7.11 Å². The van der Waals surface area contributed by atoms with Crippen LogP contribution < -0.4 is 10.5 Å². The highest BCUT2D eigenvalue weighted by Crippen LogP contribution is 2.29. The van der Waals surface area contributed by atoms with Gasteiger partial charge in [-0.15, -0.1) is 0 Å². The third kappa shape index (κ3) is 3.14. The molecule has 0 amide bonds. The molecule has 1 aliphatic rings. The van der Waals surface area contributed by atoms with Crippen molar-refractivity contribution in [3.8, 4) is 17.1 Å². The maximum absolute atomic E-state index is 14.2. The summed E-state index contributed by atoms with van der Waals surface area (Å²) >= 11 is 0. The van der Waals surface area contributed by atoms with Crippen LogP contribution in [0, 0.1) is 11.7 Å². The minimum Gasteiger partial charge on any atom is -0.497 e. The second-order valence-corrected chi connectivity index (χ2v) is 6.04. The van der Waals surface area contributed by atoms with Gasteiger partial charge in [0, 0.05) is 25.0 Å².